The van der Waals surface area contributed by atoms with Gasteiger partial charge in [-0.25, -0.2) is 9.48 Å². The van der Waals surface area contributed by atoms with Crippen LogP contribution in [-0.4, -0.2) is 38.1 Å². The quantitative estimate of drug-likeness (QED) is 0.821. The molecule has 1 aromatic carbocycles. The van der Waals surface area contributed by atoms with Gasteiger partial charge < -0.3 is 5.11 Å². The Hall–Kier alpha value is -1.82. The predicted molar refractivity (Wildman–Crippen MR) is 75.4 cm³/mol. The lowest BCUT2D eigenvalue weighted by Gasteiger charge is -2.06. The number of aromatic carboxylic acids is 1. The molecule has 0 saturated carbocycles. The molecule has 2 rings (SSSR count). The first-order valence-electron chi connectivity index (χ1n) is 5.95. The minimum atomic E-state index is -1.05. The molecule has 100 valence electrons. The number of thioether (sulfide) groups is 1. The molecule has 0 bridgehead atoms. The molecule has 0 unspecified atom stereocenters. The fourth-order valence-corrected chi connectivity index (χ4v) is 2.27. The van der Waals surface area contributed by atoms with Crippen molar-refractivity contribution < 1.29 is 9.90 Å². The Kier molecular flexibility index (Phi) is 4.57. The van der Waals surface area contributed by atoms with E-state index in [1.807, 2.05) is 36.6 Å². The molecule has 0 aliphatic heterocycles. The zero-order valence-electron chi connectivity index (χ0n) is 10.6. The van der Waals surface area contributed by atoms with Crippen LogP contribution in [-0.2, 0) is 6.54 Å². The number of hydrogen-bond acceptors (Lipinski definition) is 4. The number of carboxylic acids is 1. The third-order valence-electron chi connectivity index (χ3n) is 2.70. The van der Waals surface area contributed by atoms with Gasteiger partial charge >= 0.3 is 5.97 Å². The highest BCUT2D eigenvalue weighted by molar-refractivity contribution is 7.98. The molecular weight excluding hydrogens is 262 g/mol. The molecule has 0 atom stereocenters. The standard InChI is InChI=1S/C13H15N3O2S/c1-19-9-5-8-16-12(10-6-3-2-4-7-10)11(13(17)18)14-15-16/h2-4,6-7H,5,8-9H2,1H3,(H,17,18). The van der Waals surface area contributed by atoms with Crippen LogP contribution in [0.4, 0.5) is 0 Å². The summed E-state index contributed by atoms with van der Waals surface area (Å²) >= 11 is 1.76. The third-order valence-corrected chi connectivity index (χ3v) is 3.40. The van der Waals surface area contributed by atoms with E-state index >= 15 is 0 Å². The maximum atomic E-state index is 11.2. The predicted octanol–water partition coefficient (Wildman–Crippen LogP) is 2.40. The topological polar surface area (TPSA) is 68.0 Å². The van der Waals surface area contributed by atoms with Gasteiger partial charge in [-0.3, -0.25) is 0 Å². The van der Waals surface area contributed by atoms with Crippen molar-refractivity contribution in [1.29, 1.82) is 0 Å². The summed E-state index contributed by atoms with van der Waals surface area (Å²) in [5, 5.41) is 16.9. The van der Waals surface area contributed by atoms with Crippen LogP contribution in [0, 0.1) is 0 Å². The number of carboxylic acid groups (broad SMARTS) is 1. The second-order valence-corrected chi connectivity index (χ2v) is 5.01. The molecule has 0 aliphatic rings. The van der Waals surface area contributed by atoms with E-state index in [2.05, 4.69) is 10.3 Å². The minimum absolute atomic E-state index is 0.00958. The van der Waals surface area contributed by atoms with Crippen LogP contribution in [0.2, 0.25) is 0 Å². The summed E-state index contributed by atoms with van der Waals surface area (Å²) in [5.74, 6) is -0.0359. The summed E-state index contributed by atoms with van der Waals surface area (Å²) in [6.45, 7) is 0.672. The van der Waals surface area contributed by atoms with Crippen molar-refractivity contribution in [3.63, 3.8) is 0 Å². The van der Waals surface area contributed by atoms with Crippen LogP contribution >= 0.6 is 11.8 Å². The van der Waals surface area contributed by atoms with E-state index in [9.17, 15) is 9.90 Å². The molecule has 0 fully saturated rings. The van der Waals surface area contributed by atoms with Gasteiger partial charge in [0.1, 0.15) is 5.69 Å². The van der Waals surface area contributed by atoms with Crippen molar-refractivity contribution in [1.82, 2.24) is 15.0 Å². The number of aromatic nitrogens is 3. The summed E-state index contributed by atoms with van der Waals surface area (Å²) in [7, 11) is 0. The van der Waals surface area contributed by atoms with Crippen molar-refractivity contribution in [2.24, 2.45) is 0 Å². The molecule has 0 radical (unpaired) electrons. The summed E-state index contributed by atoms with van der Waals surface area (Å²) in [5.41, 5.74) is 1.42. The van der Waals surface area contributed by atoms with Crippen LogP contribution < -0.4 is 0 Å². The van der Waals surface area contributed by atoms with Crippen LogP contribution in [0.1, 0.15) is 16.9 Å². The van der Waals surface area contributed by atoms with E-state index in [1.165, 1.54) is 0 Å². The molecule has 1 N–H and O–H groups in total. The maximum Gasteiger partial charge on any atom is 0.358 e. The zero-order chi connectivity index (χ0) is 13.7. The van der Waals surface area contributed by atoms with E-state index in [0.29, 0.717) is 12.2 Å². The van der Waals surface area contributed by atoms with Gasteiger partial charge in [0.2, 0.25) is 0 Å². The van der Waals surface area contributed by atoms with E-state index in [-0.39, 0.29) is 5.69 Å². The van der Waals surface area contributed by atoms with E-state index in [1.54, 1.807) is 16.4 Å². The summed E-state index contributed by atoms with van der Waals surface area (Å²) in [6, 6.07) is 9.39. The van der Waals surface area contributed by atoms with Crippen molar-refractivity contribution >= 4 is 17.7 Å². The number of aryl methyl sites for hydroxylation is 1. The van der Waals surface area contributed by atoms with Crippen LogP contribution in [0.5, 0.6) is 0 Å². The van der Waals surface area contributed by atoms with Gasteiger partial charge in [-0.05, 0) is 18.4 Å². The number of nitrogens with zero attached hydrogens (tertiary/aromatic N) is 3. The smallest absolute Gasteiger partial charge is 0.358 e. The lowest BCUT2D eigenvalue weighted by Crippen LogP contribution is -2.05. The van der Waals surface area contributed by atoms with Gasteiger partial charge in [0.15, 0.2) is 5.69 Å². The Balaban J connectivity index is 2.37. The first-order chi connectivity index (χ1) is 9.24. The molecule has 0 aliphatic carbocycles. The fourth-order valence-electron chi connectivity index (χ4n) is 1.85. The molecule has 6 heteroatoms. The number of benzene rings is 1. The summed E-state index contributed by atoms with van der Waals surface area (Å²) in [6.07, 6.45) is 2.98. The average molecular weight is 277 g/mol. The minimum Gasteiger partial charge on any atom is -0.476 e. The monoisotopic (exact) mass is 277 g/mol. The Labute approximate surface area is 115 Å². The van der Waals surface area contributed by atoms with Gasteiger partial charge in [-0.15, -0.1) is 5.10 Å². The van der Waals surface area contributed by atoms with E-state index < -0.39 is 5.97 Å². The Morgan fingerprint density at radius 3 is 2.74 bits per heavy atom. The molecule has 1 aromatic heterocycles. The maximum absolute atomic E-state index is 11.2. The highest BCUT2D eigenvalue weighted by atomic mass is 32.2. The van der Waals surface area contributed by atoms with Crippen LogP contribution in [0.15, 0.2) is 30.3 Å². The molecule has 2 aromatic rings. The van der Waals surface area contributed by atoms with Gasteiger partial charge in [0.25, 0.3) is 0 Å². The second-order valence-electron chi connectivity index (χ2n) is 4.03. The normalized spacial score (nSPS) is 10.6. The molecule has 0 saturated heterocycles. The lowest BCUT2D eigenvalue weighted by atomic mass is 10.1. The van der Waals surface area contributed by atoms with Gasteiger partial charge in [-0.1, -0.05) is 35.5 Å². The largest absolute Gasteiger partial charge is 0.476 e. The second kappa shape index (κ2) is 6.38. The van der Waals surface area contributed by atoms with Gasteiger partial charge in [0, 0.05) is 12.1 Å². The highest BCUT2D eigenvalue weighted by Crippen LogP contribution is 2.22. The fraction of sp³-hybridized carbons (Fsp3) is 0.308. The lowest BCUT2D eigenvalue weighted by molar-refractivity contribution is 0.0691. The third kappa shape index (κ3) is 3.14. The van der Waals surface area contributed by atoms with Crippen molar-refractivity contribution in [3.8, 4) is 11.3 Å². The van der Waals surface area contributed by atoms with E-state index in [0.717, 1.165) is 17.7 Å². The highest BCUT2D eigenvalue weighted by Gasteiger charge is 2.19. The molecule has 5 nitrogen and oxygen atoms in total. The average Bonchev–Trinajstić information content (AvgIpc) is 2.84. The van der Waals surface area contributed by atoms with Crippen molar-refractivity contribution in [3.05, 3.63) is 36.0 Å². The molecule has 19 heavy (non-hydrogen) atoms. The number of rotatable bonds is 6. The van der Waals surface area contributed by atoms with Crippen LogP contribution in [0.25, 0.3) is 11.3 Å². The molecule has 0 spiro atoms. The zero-order valence-corrected chi connectivity index (χ0v) is 11.4. The Bertz CT molecular complexity index is 554. The summed E-state index contributed by atoms with van der Waals surface area (Å²) in [4.78, 5) is 11.2. The first kappa shape index (κ1) is 13.6. The summed E-state index contributed by atoms with van der Waals surface area (Å²) < 4.78 is 1.68. The van der Waals surface area contributed by atoms with Crippen LogP contribution in [0.3, 0.4) is 0 Å². The number of carbonyl (C=O) groups is 1. The first-order valence-corrected chi connectivity index (χ1v) is 7.34. The Morgan fingerprint density at radius 1 is 1.37 bits per heavy atom. The molecule has 1 heterocycles. The number of hydrogen-bond donors (Lipinski definition) is 1. The molecule has 0 amide bonds. The SMILES string of the molecule is CSCCCn1nnc(C(=O)O)c1-c1ccccc1. The van der Waals surface area contributed by atoms with Crippen molar-refractivity contribution in [2.45, 2.75) is 13.0 Å². The van der Waals surface area contributed by atoms with Gasteiger partial charge in [0.05, 0.1) is 0 Å². The van der Waals surface area contributed by atoms with E-state index in [4.69, 9.17) is 0 Å². The van der Waals surface area contributed by atoms with Gasteiger partial charge in [-0.2, -0.15) is 11.8 Å². The molecular formula is C13H15N3O2S. The van der Waals surface area contributed by atoms with Crippen molar-refractivity contribution in [2.75, 3.05) is 12.0 Å². The Morgan fingerprint density at radius 2 is 2.11 bits per heavy atom.